The van der Waals surface area contributed by atoms with Crippen LogP contribution in [0.4, 0.5) is 10.1 Å². The first-order valence-corrected chi connectivity index (χ1v) is 11.6. The Morgan fingerprint density at radius 2 is 1.88 bits per heavy atom. The molecule has 2 aromatic carbocycles. The van der Waals surface area contributed by atoms with Gasteiger partial charge in [0, 0.05) is 25.5 Å². The van der Waals surface area contributed by atoms with Gasteiger partial charge in [-0.25, -0.2) is 17.8 Å². The standard InChI is InChI=1S/C22H25FN4O4S/c1-2-31-20-8-6-19(7-9-20)27(32(29,30)21-10-4-18(23)5-11-21)16-22(28)25-12-3-14-26-15-13-24-17-26/h4-11,13,15,17H,2-3,12,14,16H2,1H3,(H,25,28). The second-order valence-electron chi connectivity index (χ2n) is 6.90. The van der Waals surface area contributed by atoms with Crippen molar-refractivity contribution >= 4 is 21.6 Å². The molecule has 170 valence electrons. The minimum Gasteiger partial charge on any atom is -0.494 e. The molecular formula is C22H25FN4O4S. The third-order valence-electron chi connectivity index (χ3n) is 4.60. The number of amides is 1. The van der Waals surface area contributed by atoms with E-state index in [9.17, 15) is 17.6 Å². The first kappa shape index (κ1) is 23.3. The number of anilines is 1. The summed E-state index contributed by atoms with van der Waals surface area (Å²) in [6.45, 7) is 2.95. The van der Waals surface area contributed by atoms with Crippen LogP contribution in [-0.2, 0) is 21.4 Å². The van der Waals surface area contributed by atoms with Crippen LogP contribution in [0.5, 0.6) is 5.75 Å². The molecule has 10 heteroatoms. The van der Waals surface area contributed by atoms with Crippen LogP contribution in [-0.4, -0.2) is 43.6 Å². The summed E-state index contributed by atoms with van der Waals surface area (Å²) in [5.74, 6) is -0.415. The monoisotopic (exact) mass is 460 g/mol. The van der Waals surface area contributed by atoms with Gasteiger partial charge in [-0.3, -0.25) is 9.10 Å². The Hall–Kier alpha value is -3.40. The molecule has 32 heavy (non-hydrogen) atoms. The van der Waals surface area contributed by atoms with Gasteiger partial charge in [0.05, 0.1) is 23.5 Å². The van der Waals surface area contributed by atoms with Crippen LogP contribution in [0.3, 0.4) is 0 Å². The summed E-state index contributed by atoms with van der Waals surface area (Å²) in [6.07, 6.45) is 5.85. The van der Waals surface area contributed by atoms with Crippen LogP contribution in [0.25, 0.3) is 0 Å². The molecule has 3 rings (SSSR count). The molecule has 8 nitrogen and oxygen atoms in total. The number of ether oxygens (including phenoxy) is 1. The highest BCUT2D eigenvalue weighted by atomic mass is 32.2. The summed E-state index contributed by atoms with van der Waals surface area (Å²) < 4.78 is 48.1. The number of carbonyl (C=O) groups excluding carboxylic acids is 1. The van der Waals surface area contributed by atoms with Gasteiger partial charge in [-0.15, -0.1) is 0 Å². The van der Waals surface area contributed by atoms with Crippen molar-refractivity contribution in [3.63, 3.8) is 0 Å². The van der Waals surface area contributed by atoms with Crippen molar-refractivity contribution in [3.8, 4) is 5.75 Å². The predicted molar refractivity (Wildman–Crippen MR) is 118 cm³/mol. The Balaban J connectivity index is 1.75. The number of carbonyl (C=O) groups is 1. The van der Waals surface area contributed by atoms with E-state index < -0.39 is 28.3 Å². The number of hydrogen-bond acceptors (Lipinski definition) is 5. The summed E-state index contributed by atoms with van der Waals surface area (Å²) in [4.78, 5) is 16.4. The molecular weight excluding hydrogens is 435 g/mol. The Kier molecular flexibility index (Phi) is 7.82. The highest BCUT2D eigenvalue weighted by Crippen LogP contribution is 2.26. The normalized spacial score (nSPS) is 11.2. The average Bonchev–Trinajstić information content (AvgIpc) is 3.30. The van der Waals surface area contributed by atoms with E-state index in [0.717, 1.165) is 16.4 Å². The van der Waals surface area contributed by atoms with Gasteiger partial charge < -0.3 is 14.6 Å². The third kappa shape index (κ3) is 6.07. The molecule has 0 aliphatic heterocycles. The van der Waals surface area contributed by atoms with E-state index in [0.29, 0.717) is 37.6 Å². The molecule has 0 spiro atoms. The Morgan fingerprint density at radius 1 is 1.16 bits per heavy atom. The maximum atomic E-state index is 13.3. The summed E-state index contributed by atoms with van der Waals surface area (Å²) in [7, 11) is -4.10. The fraction of sp³-hybridized carbons (Fsp3) is 0.273. The van der Waals surface area contributed by atoms with Crippen LogP contribution in [0.15, 0.2) is 72.1 Å². The molecule has 0 bridgehead atoms. The van der Waals surface area contributed by atoms with Gasteiger partial charge in [-0.05, 0) is 61.9 Å². The number of rotatable bonds is 11. The molecule has 0 aliphatic carbocycles. The number of benzene rings is 2. The highest BCUT2D eigenvalue weighted by molar-refractivity contribution is 7.92. The van der Waals surface area contributed by atoms with Crippen LogP contribution < -0.4 is 14.4 Å². The Bertz CT molecular complexity index is 1100. The van der Waals surface area contributed by atoms with E-state index >= 15 is 0 Å². The van der Waals surface area contributed by atoms with E-state index in [1.807, 2.05) is 17.7 Å². The first-order valence-electron chi connectivity index (χ1n) is 10.1. The summed E-state index contributed by atoms with van der Waals surface area (Å²) in [5.41, 5.74) is 0.298. The van der Waals surface area contributed by atoms with Gasteiger partial charge in [0.1, 0.15) is 18.1 Å². The minimum absolute atomic E-state index is 0.110. The molecule has 0 unspecified atom stereocenters. The lowest BCUT2D eigenvalue weighted by molar-refractivity contribution is -0.119. The first-order chi connectivity index (χ1) is 15.4. The lowest BCUT2D eigenvalue weighted by atomic mass is 10.3. The molecule has 1 heterocycles. The van der Waals surface area contributed by atoms with Crippen molar-refractivity contribution in [2.24, 2.45) is 0 Å². The lowest BCUT2D eigenvalue weighted by Crippen LogP contribution is -2.41. The van der Waals surface area contributed by atoms with Gasteiger partial charge in [0.2, 0.25) is 5.91 Å². The van der Waals surface area contributed by atoms with Gasteiger partial charge in [-0.1, -0.05) is 0 Å². The second-order valence-corrected chi connectivity index (χ2v) is 8.76. The zero-order chi connectivity index (χ0) is 23.0. The zero-order valence-electron chi connectivity index (χ0n) is 17.6. The molecule has 0 atom stereocenters. The van der Waals surface area contributed by atoms with E-state index in [-0.39, 0.29) is 4.90 Å². The molecule has 0 saturated carbocycles. The molecule has 1 amide bonds. The quantitative estimate of drug-likeness (QED) is 0.444. The molecule has 0 radical (unpaired) electrons. The van der Waals surface area contributed by atoms with Crippen LogP contribution in [0, 0.1) is 5.82 Å². The van der Waals surface area contributed by atoms with E-state index in [1.54, 1.807) is 36.8 Å². The molecule has 1 aromatic heterocycles. The summed E-state index contributed by atoms with van der Waals surface area (Å²) in [5, 5.41) is 2.75. The maximum absolute atomic E-state index is 13.3. The van der Waals surface area contributed by atoms with Crippen molar-refractivity contribution in [2.45, 2.75) is 24.8 Å². The largest absolute Gasteiger partial charge is 0.494 e. The number of sulfonamides is 1. The molecule has 0 aliphatic rings. The number of halogens is 1. The van der Waals surface area contributed by atoms with Gasteiger partial charge in [0.15, 0.2) is 0 Å². The fourth-order valence-electron chi connectivity index (χ4n) is 3.02. The second kappa shape index (κ2) is 10.8. The van der Waals surface area contributed by atoms with E-state index in [1.165, 1.54) is 12.1 Å². The number of imidazole rings is 1. The lowest BCUT2D eigenvalue weighted by Gasteiger charge is -2.24. The van der Waals surface area contributed by atoms with E-state index in [2.05, 4.69) is 10.3 Å². The Labute approximate surface area is 186 Å². The average molecular weight is 461 g/mol. The van der Waals surface area contributed by atoms with Crippen molar-refractivity contribution < 1.29 is 22.3 Å². The molecule has 1 N–H and O–H groups in total. The number of aromatic nitrogens is 2. The number of aryl methyl sites for hydroxylation is 1. The van der Waals surface area contributed by atoms with Crippen molar-refractivity contribution in [3.05, 3.63) is 73.1 Å². The van der Waals surface area contributed by atoms with E-state index in [4.69, 9.17) is 4.74 Å². The maximum Gasteiger partial charge on any atom is 0.264 e. The number of nitrogens with one attached hydrogen (secondary N) is 1. The molecule has 0 saturated heterocycles. The summed E-state index contributed by atoms with van der Waals surface area (Å²) >= 11 is 0. The van der Waals surface area contributed by atoms with Crippen LogP contribution >= 0.6 is 0 Å². The SMILES string of the molecule is CCOc1ccc(N(CC(=O)NCCCn2ccnc2)S(=O)(=O)c2ccc(F)cc2)cc1. The van der Waals surface area contributed by atoms with Crippen molar-refractivity contribution in [2.75, 3.05) is 24.0 Å². The topological polar surface area (TPSA) is 93.5 Å². The smallest absolute Gasteiger partial charge is 0.264 e. The van der Waals surface area contributed by atoms with Crippen LogP contribution in [0.1, 0.15) is 13.3 Å². The minimum atomic E-state index is -4.10. The fourth-order valence-corrected chi connectivity index (χ4v) is 4.44. The molecule has 0 fully saturated rings. The van der Waals surface area contributed by atoms with Gasteiger partial charge in [-0.2, -0.15) is 0 Å². The predicted octanol–water partition coefficient (Wildman–Crippen LogP) is 2.82. The molecule has 3 aromatic rings. The highest BCUT2D eigenvalue weighted by Gasteiger charge is 2.27. The van der Waals surface area contributed by atoms with Crippen molar-refractivity contribution in [1.82, 2.24) is 14.9 Å². The van der Waals surface area contributed by atoms with Crippen LogP contribution in [0.2, 0.25) is 0 Å². The van der Waals surface area contributed by atoms with Gasteiger partial charge in [0.25, 0.3) is 10.0 Å². The van der Waals surface area contributed by atoms with Crippen molar-refractivity contribution in [1.29, 1.82) is 0 Å². The zero-order valence-corrected chi connectivity index (χ0v) is 18.5. The van der Waals surface area contributed by atoms with Gasteiger partial charge >= 0.3 is 0 Å². The Morgan fingerprint density at radius 3 is 2.50 bits per heavy atom. The number of nitrogens with zero attached hydrogens (tertiary/aromatic N) is 3. The number of hydrogen-bond donors (Lipinski definition) is 1. The third-order valence-corrected chi connectivity index (χ3v) is 6.39. The summed E-state index contributed by atoms with van der Waals surface area (Å²) in [6, 6.07) is 10.9.